The molecular weight excluding hydrogens is 1830 g/mol. The Hall–Kier alpha value is -15.0. The summed E-state index contributed by atoms with van der Waals surface area (Å²) < 4.78 is 13.3. The highest BCUT2D eigenvalue weighted by molar-refractivity contribution is 9.11. The van der Waals surface area contributed by atoms with Gasteiger partial charge in [0.05, 0.1) is 95.9 Å². The molecule has 0 spiro atoms. The van der Waals surface area contributed by atoms with E-state index in [-0.39, 0.29) is 0 Å². The molecule has 24 aromatic rings. The van der Waals surface area contributed by atoms with Crippen LogP contribution in [0.25, 0.3) is 201 Å². The van der Waals surface area contributed by atoms with E-state index in [1.807, 2.05) is 140 Å². The summed E-state index contributed by atoms with van der Waals surface area (Å²) in [5.41, 5.74) is 25.0. The molecule has 0 saturated carbocycles. The molecule has 0 fully saturated rings. The number of halogens is 4. The minimum Gasteiger partial charge on any atom is -0.309 e. The minimum atomic E-state index is 0.662. The van der Waals surface area contributed by atoms with Gasteiger partial charge in [-0.2, -0.15) is 0 Å². The highest BCUT2D eigenvalue weighted by Crippen LogP contribution is 2.44. The lowest BCUT2D eigenvalue weighted by Gasteiger charge is -2.14. The Balaban J connectivity index is 0.000000104. The Bertz CT molecular complexity index is 7470. The van der Waals surface area contributed by atoms with Gasteiger partial charge in [-0.05, 0) is 91.0 Å². The van der Waals surface area contributed by atoms with Crippen molar-refractivity contribution in [2.24, 2.45) is 0 Å². The van der Waals surface area contributed by atoms with E-state index in [1.54, 1.807) is 0 Å². The van der Waals surface area contributed by atoms with Crippen LogP contribution in [0.4, 0.5) is 0 Å². The van der Waals surface area contributed by atoms with Crippen LogP contribution in [0.1, 0.15) is 0 Å². The third-order valence-corrected chi connectivity index (χ3v) is 25.6. The third kappa shape index (κ3) is 15.5. The van der Waals surface area contributed by atoms with Crippen LogP contribution in [-0.4, -0.2) is 53.2 Å². The number of hydrogen-bond acceptors (Lipinski definition) is 7. The van der Waals surface area contributed by atoms with Crippen molar-refractivity contribution in [2.75, 3.05) is 0 Å². The first-order chi connectivity index (χ1) is 63.2. The van der Waals surface area contributed by atoms with Gasteiger partial charge < -0.3 is 9.13 Å². The summed E-state index contributed by atoms with van der Waals surface area (Å²) in [6, 6.07) is 150. The van der Waals surface area contributed by atoms with Crippen LogP contribution in [0, 0.1) is 0 Å². The number of rotatable bonds is 12. The van der Waals surface area contributed by atoms with Crippen molar-refractivity contribution in [1.29, 1.82) is 0 Å². The van der Waals surface area contributed by atoms with Gasteiger partial charge in [0.15, 0.2) is 11.6 Å². The first-order valence-corrected chi connectivity index (χ1v) is 45.2. The van der Waals surface area contributed by atoms with Crippen LogP contribution in [-0.2, 0) is 0 Å². The van der Waals surface area contributed by atoms with Gasteiger partial charge in [0.2, 0.25) is 5.95 Å². The van der Waals surface area contributed by atoms with Crippen molar-refractivity contribution in [3.8, 4) is 113 Å². The second kappa shape index (κ2) is 35.6. The largest absolute Gasteiger partial charge is 0.309 e. The fourth-order valence-corrected chi connectivity index (χ4v) is 19.5. The van der Waals surface area contributed by atoms with Crippen LogP contribution < -0.4 is 0 Å². The van der Waals surface area contributed by atoms with Crippen molar-refractivity contribution in [1.82, 2.24) is 53.2 Å². The molecule has 11 nitrogen and oxygen atoms in total. The SMILES string of the molecule is Brc1cccc2c1c1ccccc1n2-c1cc(-c2ccccc2)nc(-c2ccccc2)c1.Brc1cccc2c1c1ccccc1n2-c1cc(-c2ccccc2)nc(-c2ccccc2)n1.Brc1cccc2c1c1ccccc1n2-c1cnc(-c2ccccc2)nc1-c1ccccc1.Brc1cccc2c1c1ccccc1n2-c1nc(-c2ccccc2)cc(-c2ccccc2)n1. The topological polar surface area (TPSA) is 110 Å². The summed E-state index contributed by atoms with van der Waals surface area (Å²) in [7, 11) is 0. The highest BCUT2D eigenvalue weighted by Gasteiger charge is 2.24. The molecule has 8 aromatic heterocycles. The Morgan fingerprint density at radius 3 is 0.883 bits per heavy atom. The quantitative estimate of drug-likeness (QED) is 0.120. The van der Waals surface area contributed by atoms with Crippen molar-refractivity contribution in [3.05, 3.63) is 461 Å². The monoisotopic (exact) mass is 1900 g/mol. The molecule has 128 heavy (non-hydrogen) atoms. The molecule has 24 rings (SSSR count). The summed E-state index contributed by atoms with van der Waals surface area (Å²) in [4.78, 5) is 34.9. The lowest BCUT2D eigenvalue weighted by atomic mass is 10.1. The van der Waals surface area contributed by atoms with Crippen LogP contribution in [0.15, 0.2) is 461 Å². The zero-order chi connectivity index (χ0) is 86.0. The number of hydrogen-bond donors (Lipinski definition) is 0. The van der Waals surface area contributed by atoms with Gasteiger partial charge in [-0.1, -0.05) is 403 Å². The molecule has 0 atom stereocenters. The maximum atomic E-state index is 5.06. The molecule has 15 heteroatoms. The predicted octanol–water partition coefficient (Wildman–Crippen LogP) is 31.3. The molecule has 16 aromatic carbocycles. The van der Waals surface area contributed by atoms with Gasteiger partial charge in [0.1, 0.15) is 5.82 Å². The Morgan fingerprint density at radius 1 is 0.195 bits per heavy atom. The summed E-state index contributed by atoms with van der Waals surface area (Å²) in [5, 5.41) is 9.55. The number of pyridine rings is 1. The average Bonchev–Trinajstić information content (AvgIpc) is 1.60. The van der Waals surface area contributed by atoms with Crippen molar-refractivity contribution in [3.63, 3.8) is 0 Å². The van der Waals surface area contributed by atoms with E-state index in [1.165, 1.54) is 48.7 Å². The molecule has 8 heterocycles. The number of benzene rings is 16. The van der Waals surface area contributed by atoms with E-state index in [0.29, 0.717) is 11.8 Å². The van der Waals surface area contributed by atoms with E-state index < -0.39 is 0 Å². The molecule has 0 radical (unpaired) electrons. The number of aromatic nitrogens is 11. The molecule has 0 bridgehead atoms. The van der Waals surface area contributed by atoms with Crippen LogP contribution in [0.3, 0.4) is 0 Å². The number of fused-ring (bicyclic) bond motifs is 12. The van der Waals surface area contributed by atoms with Crippen LogP contribution >= 0.6 is 63.7 Å². The second-order valence-corrected chi connectivity index (χ2v) is 34.2. The van der Waals surface area contributed by atoms with Gasteiger partial charge >= 0.3 is 0 Å². The molecule has 0 aliphatic heterocycles. The van der Waals surface area contributed by atoms with Gasteiger partial charge in [0, 0.05) is 112 Å². The van der Waals surface area contributed by atoms with Crippen LogP contribution in [0.2, 0.25) is 0 Å². The summed E-state index contributed by atoms with van der Waals surface area (Å²) >= 11 is 15.1. The first-order valence-electron chi connectivity index (χ1n) is 42.0. The normalized spacial score (nSPS) is 11.3. The second-order valence-electron chi connectivity index (χ2n) is 30.8. The third-order valence-electron chi connectivity index (χ3n) is 23.0. The zero-order valence-electron chi connectivity index (χ0n) is 68.6. The number of para-hydroxylation sites is 4. The van der Waals surface area contributed by atoms with E-state index in [9.17, 15) is 0 Å². The van der Waals surface area contributed by atoms with E-state index >= 15 is 0 Å². The highest BCUT2D eigenvalue weighted by atomic mass is 79.9. The molecule has 0 saturated heterocycles. The molecular formula is C113H73Br4N11. The fourth-order valence-electron chi connectivity index (χ4n) is 17.2. The zero-order valence-corrected chi connectivity index (χ0v) is 74.9. The fraction of sp³-hybridized carbons (Fsp3) is 0. The van der Waals surface area contributed by atoms with Crippen molar-refractivity contribution < 1.29 is 0 Å². The lowest BCUT2D eigenvalue weighted by Crippen LogP contribution is -2.03. The first kappa shape index (κ1) is 80.2. The van der Waals surface area contributed by atoms with Gasteiger partial charge in [-0.15, -0.1) is 0 Å². The maximum absolute atomic E-state index is 5.06. The van der Waals surface area contributed by atoms with Gasteiger partial charge in [0.25, 0.3) is 0 Å². The van der Waals surface area contributed by atoms with Crippen LogP contribution in [0.5, 0.6) is 0 Å². The molecule has 0 amide bonds. The molecule has 0 aliphatic carbocycles. The average molecular weight is 1900 g/mol. The molecule has 0 unspecified atom stereocenters. The Kier molecular flexibility index (Phi) is 22.3. The summed E-state index contributed by atoms with van der Waals surface area (Å²) in [5.74, 6) is 2.94. The van der Waals surface area contributed by atoms with Gasteiger partial charge in [-0.25, -0.2) is 34.9 Å². The number of nitrogens with zero attached hydrogens (tertiary/aromatic N) is 11. The van der Waals surface area contributed by atoms with E-state index in [2.05, 4.69) is 385 Å². The Labute approximate surface area is 771 Å². The minimum absolute atomic E-state index is 0.662. The Morgan fingerprint density at radius 2 is 0.484 bits per heavy atom. The summed E-state index contributed by atoms with van der Waals surface area (Å²) in [6.07, 6.45) is 1.95. The van der Waals surface area contributed by atoms with E-state index in [0.717, 1.165) is 158 Å². The lowest BCUT2D eigenvalue weighted by molar-refractivity contribution is 0.995. The molecule has 608 valence electrons. The smallest absolute Gasteiger partial charge is 0.235 e. The standard InChI is InChI=1S/C29H19BrN2.3C28H18BrN3/c30-24-15-9-17-28-29(24)23-14-7-8-16-27(23)32(28)22-18-25(20-10-3-1-4-11-20)31-26(19-22)21-12-5-2-6-13-21;29-22-15-9-17-26-27(22)21-14-7-8-16-25(21)32(26)28-30-23(19-10-3-1-4-11-19)18-24(31-28)20-12-5-2-6-13-20;29-22-15-9-17-25-27(22)21-14-7-8-16-24(21)32(25)26-18-23(19-10-3-1-4-11-19)30-28(31-26)20-12-5-2-6-13-20;29-22-15-9-17-24-26(22)21-14-7-8-16-23(21)32(24)25-18-30-28(20-12-5-2-6-13-20)31-27(25)19-10-3-1-4-11-19/h1-19H;3*1-18H. The maximum Gasteiger partial charge on any atom is 0.235 e. The summed E-state index contributed by atoms with van der Waals surface area (Å²) in [6.45, 7) is 0. The predicted molar refractivity (Wildman–Crippen MR) is 542 cm³/mol. The van der Waals surface area contributed by atoms with Gasteiger partial charge in [-0.3, -0.25) is 9.13 Å². The van der Waals surface area contributed by atoms with Crippen molar-refractivity contribution >= 4 is 151 Å². The van der Waals surface area contributed by atoms with Crippen molar-refractivity contribution in [2.45, 2.75) is 0 Å². The molecule has 0 N–H and O–H groups in total. The van der Waals surface area contributed by atoms with E-state index in [4.69, 9.17) is 34.9 Å². The molecule has 0 aliphatic rings.